The van der Waals surface area contributed by atoms with Crippen molar-refractivity contribution in [3.63, 3.8) is 0 Å². The van der Waals surface area contributed by atoms with Gasteiger partial charge < -0.3 is 10.1 Å². The number of amides is 1. The zero-order valence-corrected chi connectivity index (χ0v) is 18.6. The summed E-state index contributed by atoms with van der Waals surface area (Å²) < 4.78 is 44.8. The normalized spacial score (nSPS) is 12.5. The number of benzene rings is 2. The maximum absolute atomic E-state index is 13.3. The fourth-order valence-corrected chi connectivity index (χ4v) is 4.40. The van der Waals surface area contributed by atoms with Crippen LogP contribution in [0.2, 0.25) is 0 Å². The van der Waals surface area contributed by atoms with Crippen LogP contribution in [0.4, 0.5) is 10.1 Å². The number of hydrogen-bond donors (Lipinski definition) is 1. The Morgan fingerprint density at radius 1 is 1.13 bits per heavy atom. The summed E-state index contributed by atoms with van der Waals surface area (Å²) in [6.45, 7) is 6.35. The maximum Gasteiger partial charge on any atom is 0.244 e. The summed E-state index contributed by atoms with van der Waals surface area (Å²) in [4.78, 5) is 12.7. The Kier molecular flexibility index (Phi) is 8.23. The van der Waals surface area contributed by atoms with E-state index in [1.54, 1.807) is 6.92 Å². The Hall–Kier alpha value is -2.61. The third-order valence-electron chi connectivity index (χ3n) is 4.61. The maximum atomic E-state index is 13.3. The van der Waals surface area contributed by atoms with Gasteiger partial charge in [0.25, 0.3) is 0 Å². The van der Waals surface area contributed by atoms with Gasteiger partial charge in [-0.05, 0) is 48.2 Å². The van der Waals surface area contributed by atoms with Crippen LogP contribution in [-0.2, 0) is 14.8 Å². The number of para-hydroxylation sites is 1. The molecule has 0 bridgehead atoms. The highest BCUT2D eigenvalue weighted by molar-refractivity contribution is 7.92. The van der Waals surface area contributed by atoms with E-state index in [1.165, 1.54) is 12.1 Å². The second-order valence-electron chi connectivity index (χ2n) is 7.29. The zero-order chi connectivity index (χ0) is 22.3. The van der Waals surface area contributed by atoms with E-state index < -0.39 is 27.8 Å². The Morgan fingerprint density at radius 3 is 2.33 bits per heavy atom. The summed E-state index contributed by atoms with van der Waals surface area (Å²) in [5, 5.41) is 2.74. The molecule has 0 aliphatic rings. The Balaban J connectivity index is 2.05. The lowest BCUT2D eigenvalue weighted by molar-refractivity contribution is -0.122. The van der Waals surface area contributed by atoms with Crippen molar-refractivity contribution in [1.82, 2.24) is 5.32 Å². The number of rotatable bonds is 10. The van der Waals surface area contributed by atoms with Crippen molar-refractivity contribution < 1.29 is 22.3 Å². The molecule has 0 aliphatic heterocycles. The van der Waals surface area contributed by atoms with E-state index in [-0.39, 0.29) is 25.3 Å². The van der Waals surface area contributed by atoms with Gasteiger partial charge in [0.15, 0.2) is 0 Å². The predicted molar refractivity (Wildman–Crippen MR) is 117 cm³/mol. The fraction of sp³-hybridized carbons (Fsp3) is 0.409. The first-order valence-electron chi connectivity index (χ1n) is 9.89. The van der Waals surface area contributed by atoms with Crippen LogP contribution in [0, 0.1) is 5.82 Å². The Bertz CT molecular complexity index is 946. The van der Waals surface area contributed by atoms with Crippen LogP contribution >= 0.6 is 0 Å². The lowest BCUT2D eigenvalue weighted by Gasteiger charge is -2.30. The lowest BCUT2D eigenvalue weighted by atomic mass is 10.0. The summed E-state index contributed by atoms with van der Waals surface area (Å²) in [6, 6.07) is 11.8. The summed E-state index contributed by atoms with van der Waals surface area (Å²) >= 11 is 0. The van der Waals surface area contributed by atoms with E-state index in [2.05, 4.69) is 19.2 Å². The number of carbonyl (C=O) groups excluding carboxylic acids is 1. The monoisotopic (exact) mass is 436 g/mol. The van der Waals surface area contributed by atoms with E-state index in [1.807, 2.05) is 24.3 Å². The molecule has 0 fully saturated rings. The zero-order valence-electron chi connectivity index (χ0n) is 17.8. The second-order valence-corrected chi connectivity index (χ2v) is 9.15. The molecule has 0 spiro atoms. The van der Waals surface area contributed by atoms with Gasteiger partial charge >= 0.3 is 0 Å². The van der Waals surface area contributed by atoms with Gasteiger partial charge in [0.1, 0.15) is 24.2 Å². The minimum absolute atomic E-state index is 0.225. The van der Waals surface area contributed by atoms with Crippen LogP contribution in [0.1, 0.15) is 38.7 Å². The molecule has 2 aromatic rings. The summed E-state index contributed by atoms with van der Waals surface area (Å²) in [5.74, 6) is 0.147. The molecule has 1 N–H and O–H groups in total. The predicted octanol–water partition coefficient (Wildman–Crippen LogP) is 3.69. The molecule has 0 aromatic heterocycles. The van der Waals surface area contributed by atoms with Gasteiger partial charge in [0.05, 0.1) is 18.5 Å². The molecule has 0 saturated heterocycles. The second kappa shape index (κ2) is 10.4. The van der Waals surface area contributed by atoms with Crippen LogP contribution in [0.5, 0.6) is 5.75 Å². The number of sulfonamides is 1. The van der Waals surface area contributed by atoms with Gasteiger partial charge in [-0.2, -0.15) is 0 Å². The molecule has 0 aliphatic carbocycles. The SMILES string of the molecule is CC[C@@H](C(=O)NCCOc1ccccc1C(C)C)N(c1ccc(F)cc1)S(C)(=O)=O. The summed E-state index contributed by atoms with van der Waals surface area (Å²) in [7, 11) is -3.76. The van der Waals surface area contributed by atoms with E-state index in [0.717, 1.165) is 34.0 Å². The first kappa shape index (κ1) is 23.7. The van der Waals surface area contributed by atoms with Crippen molar-refractivity contribution >= 4 is 21.6 Å². The highest BCUT2D eigenvalue weighted by Crippen LogP contribution is 2.26. The Labute approximate surface area is 178 Å². The third-order valence-corrected chi connectivity index (χ3v) is 5.79. The number of nitrogens with zero attached hydrogens (tertiary/aromatic N) is 1. The average Bonchev–Trinajstić information content (AvgIpc) is 2.69. The summed E-state index contributed by atoms with van der Waals surface area (Å²) in [5.41, 5.74) is 1.32. The number of anilines is 1. The van der Waals surface area contributed by atoms with E-state index in [4.69, 9.17) is 4.74 Å². The third kappa shape index (κ3) is 6.19. The van der Waals surface area contributed by atoms with Gasteiger partial charge in [-0.25, -0.2) is 12.8 Å². The first-order chi connectivity index (χ1) is 14.1. The molecule has 164 valence electrons. The molecule has 0 radical (unpaired) electrons. The molecule has 6 nitrogen and oxygen atoms in total. The van der Waals surface area contributed by atoms with Gasteiger partial charge in [-0.3, -0.25) is 9.10 Å². The number of carbonyl (C=O) groups is 1. The number of ether oxygens (including phenoxy) is 1. The van der Waals surface area contributed by atoms with Crippen molar-refractivity contribution in [2.75, 3.05) is 23.7 Å². The fourth-order valence-electron chi connectivity index (χ4n) is 3.19. The lowest BCUT2D eigenvalue weighted by Crippen LogP contribution is -2.50. The minimum Gasteiger partial charge on any atom is -0.491 e. The highest BCUT2D eigenvalue weighted by atomic mass is 32.2. The molecule has 8 heteroatoms. The first-order valence-corrected chi connectivity index (χ1v) is 11.7. The molecule has 1 atom stereocenters. The van der Waals surface area contributed by atoms with E-state index in [9.17, 15) is 17.6 Å². The van der Waals surface area contributed by atoms with Gasteiger partial charge in [-0.1, -0.05) is 39.0 Å². The highest BCUT2D eigenvalue weighted by Gasteiger charge is 2.31. The van der Waals surface area contributed by atoms with Crippen molar-refractivity contribution in [2.45, 2.75) is 39.2 Å². The smallest absolute Gasteiger partial charge is 0.244 e. The van der Waals surface area contributed by atoms with Crippen LogP contribution in [0.25, 0.3) is 0 Å². The van der Waals surface area contributed by atoms with Crippen LogP contribution in [-0.4, -0.2) is 39.8 Å². The molecule has 30 heavy (non-hydrogen) atoms. The van der Waals surface area contributed by atoms with Gasteiger partial charge in [0, 0.05) is 0 Å². The molecular weight excluding hydrogens is 407 g/mol. The molecular formula is C22H29FN2O4S. The molecule has 2 rings (SSSR count). The van der Waals surface area contributed by atoms with Crippen molar-refractivity contribution in [1.29, 1.82) is 0 Å². The molecule has 1 amide bonds. The van der Waals surface area contributed by atoms with Crippen LogP contribution < -0.4 is 14.4 Å². The van der Waals surface area contributed by atoms with Crippen LogP contribution in [0.15, 0.2) is 48.5 Å². The number of nitrogens with one attached hydrogen (secondary N) is 1. The van der Waals surface area contributed by atoms with Crippen molar-refractivity contribution in [3.05, 3.63) is 59.9 Å². The quantitative estimate of drug-likeness (QED) is 0.577. The van der Waals surface area contributed by atoms with E-state index in [0.29, 0.717) is 5.92 Å². The molecule has 0 saturated carbocycles. The molecule has 0 unspecified atom stereocenters. The van der Waals surface area contributed by atoms with Crippen molar-refractivity contribution in [2.24, 2.45) is 0 Å². The minimum atomic E-state index is -3.76. The van der Waals surface area contributed by atoms with Crippen molar-refractivity contribution in [3.8, 4) is 5.75 Å². The standard InChI is InChI=1S/C22H29FN2O4S/c1-5-20(25(30(4,27)28)18-12-10-17(23)11-13-18)22(26)24-14-15-29-21-9-7-6-8-19(21)16(2)3/h6-13,16,20H,5,14-15H2,1-4H3,(H,24,26)/t20-/m0/s1. The van der Waals surface area contributed by atoms with Gasteiger partial charge in [-0.15, -0.1) is 0 Å². The number of hydrogen-bond acceptors (Lipinski definition) is 4. The molecule has 2 aromatic carbocycles. The largest absolute Gasteiger partial charge is 0.491 e. The Morgan fingerprint density at radius 2 is 1.77 bits per heavy atom. The average molecular weight is 437 g/mol. The topological polar surface area (TPSA) is 75.7 Å². The molecule has 0 heterocycles. The van der Waals surface area contributed by atoms with E-state index >= 15 is 0 Å². The summed E-state index contributed by atoms with van der Waals surface area (Å²) in [6.07, 6.45) is 1.28. The van der Waals surface area contributed by atoms with Gasteiger partial charge in [0.2, 0.25) is 15.9 Å². The van der Waals surface area contributed by atoms with Crippen LogP contribution in [0.3, 0.4) is 0 Å². The number of halogens is 1.